The van der Waals surface area contributed by atoms with Crippen LogP contribution in [0.2, 0.25) is 0 Å². The van der Waals surface area contributed by atoms with Gasteiger partial charge in [-0.15, -0.1) is 5.10 Å². The normalized spacial score (nSPS) is 20.5. The highest BCUT2D eigenvalue weighted by molar-refractivity contribution is 5.72. The van der Waals surface area contributed by atoms with Crippen molar-refractivity contribution >= 4 is 17.6 Å². The Labute approximate surface area is 128 Å². The lowest BCUT2D eigenvalue weighted by molar-refractivity contribution is -0.143. The molecule has 1 aliphatic heterocycles. The van der Waals surface area contributed by atoms with Gasteiger partial charge in [-0.2, -0.15) is 4.98 Å². The van der Waals surface area contributed by atoms with Crippen molar-refractivity contribution in [1.29, 1.82) is 0 Å². The number of anilines is 2. The Bertz CT molecular complexity index is 710. The van der Waals surface area contributed by atoms with Gasteiger partial charge in [-0.25, -0.2) is 4.68 Å². The molecule has 0 radical (unpaired) electrons. The fourth-order valence-electron chi connectivity index (χ4n) is 2.97. The fourth-order valence-corrected chi connectivity index (χ4v) is 2.97. The van der Waals surface area contributed by atoms with Crippen molar-refractivity contribution in [3.05, 3.63) is 35.7 Å². The molecule has 1 aliphatic rings. The molecule has 3 rings (SSSR count). The van der Waals surface area contributed by atoms with Gasteiger partial charge in [-0.1, -0.05) is 12.1 Å². The third kappa shape index (κ3) is 2.49. The SMILES string of the molecule is CN(C)c1cccc(C2Cn3nc(N)nc3CC2C(=O)O)c1. The van der Waals surface area contributed by atoms with Crippen LogP contribution in [0.5, 0.6) is 0 Å². The van der Waals surface area contributed by atoms with Gasteiger partial charge in [0.2, 0.25) is 5.95 Å². The number of nitrogens with zero attached hydrogens (tertiary/aromatic N) is 4. The van der Waals surface area contributed by atoms with Gasteiger partial charge in [0.15, 0.2) is 0 Å². The van der Waals surface area contributed by atoms with Crippen molar-refractivity contribution in [2.24, 2.45) is 5.92 Å². The number of aromatic nitrogens is 3. The molecular formula is C15H19N5O2. The van der Waals surface area contributed by atoms with Crippen LogP contribution in [0.4, 0.5) is 11.6 Å². The number of nitrogens with two attached hydrogens (primary N) is 1. The lowest BCUT2D eigenvalue weighted by atomic mass is 9.81. The standard InChI is InChI=1S/C15H19N5O2/c1-19(2)10-5-3-4-9(6-10)12-8-20-13(17-15(16)18-20)7-11(12)14(21)22/h3-6,11-12H,7-8H2,1-2H3,(H2,16,18)(H,21,22). The molecule has 0 amide bonds. The minimum atomic E-state index is -0.812. The summed E-state index contributed by atoms with van der Waals surface area (Å²) in [5, 5.41) is 13.7. The van der Waals surface area contributed by atoms with Gasteiger partial charge in [0.1, 0.15) is 5.82 Å². The summed E-state index contributed by atoms with van der Waals surface area (Å²) in [4.78, 5) is 17.8. The molecule has 0 saturated carbocycles. The van der Waals surface area contributed by atoms with Crippen LogP contribution in [-0.4, -0.2) is 39.9 Å². The second-order valence-corrected chi connectivity index (χ2v) is 5.81. The average Bonchev–Trinajstić information content (AvgIpc) is 2.85. The lowest BCUT2D eigenvalue weighted by Crippen LogP contribution is -2.33. The zero-order valence-corrected chi connectivity index (χ0v) is 12.6. The van der Waals surface area contributed by atoms with E-state index < -0.39 is 11.9 Å². The summed E-state index contributed by atoms with van der Waals surface area (Å²) in [5.41, 5.74) is 7.68. The van der Waals surface area contributed by atoms with E-state index in [-0.39, 0.29) is 11.9 Å². The first-order chi connectivity index (χ1) is 10.5. The topological polar surface area (TPSA) is 97.3 Å². The average molecular weight is 301 g/mol. The highest BCUT2D eigenvalue weighted by Crippen LogP contribution is 2.35. The molecule has 1 aromatic carbocycles. The minimum Gasteiger partial charge on any atom is -0.481 e. The van der Waals surface area contributed by atoms with E-state index in [0.29, 0.717) is 18.8 Å². The van der Waals surface area contributed by atoms with E-state index in [4.69, 9.17) is 5.73 Å². The smallest absolute Gasteiger partial charge is 0.307 e. The Kier molecular flexibility index (Phi) is 3.48. The van der Waals surface area contributed by atoms with E-state index in [2.05, 4.69) is 10.1 Å². The number of fused-ring (bicyclic) bond motifs is 1. The number of hydrogen-bond donors (Lipinski definition) is 2. The quantitative estimate of drug-likeness (QED) is 0.876. The minimum absolute atomic E-state index is 0.147. The van der Waals surface area contributed by atoms with E-state index in [1.54, 1.807) is 4.68 Å². The third-order valence-electron chi connectivity index (χ3n) is 4.15. The largest absolute Gasteiger partial charge is 0.481 e. The Balaban J connectivity index is 2.00. The number of nitrogen functional groups attached to an aromatic ring is 1. The van der Waals surface area contributed by atoms with E-state index in [1.807, 2.05) is 43.3 Å². The summed E-state index contributed by atoms with van der Waals surface area (Å²) >= 11 is 0. The van der Waals surface area contributed by atoms with Crippen LogP contribution in [0.15, 0.2) is 24.3 Å². The van der Waals surface area contributed by atoms with Gasteiger partial charge in [0, 0.05) is 32.1 Å². The first-order valence-electron chi connectivity index (χ1n) is 7.15. The van der Waals surface area contributed by atoms with Crippen LogP contribution in [0, 0.1) is 5.92 Å². The van der Waals surface area contributed by atoms with Gasteiger partial charge in [-0.3, -0.25) is 4.79 Å². The Morgan fingerprint density at radius 1 is 1.45 bits per heavy atom. The third-order valence-corrected chi connectivity index (χ3v) is 4.15. The first-order valence-corrected chi connectivity index (χ1v) is 7.15. The molecule has 0 spiro atoms. The van der Waals surface area contributed by atoms with Crippen LogP contribution in [0.25, 0.3) is 0 Å². The van der Waals surface area contributed by atoms with Crippen molar-refractivity contribution in [1.82, 2.24) is 14.8 Å². The number of aliphatic carboxylic acids is 1. The molecule has 0 saturated heterocycles. The van der Waals surface area contributed by atoms with E-state index >= 15 is 0 Å². The zero-order valence-electron chi connectivity index (χ0n) is 12.6. The number of rotatable bonds is 3. The van der Waals surface area contributed by atoms with Gasteiger partial charge >= 0.3 is 5.97 Å². The van der Waals surface area contributed by atoms with E-state index in [1.165, 1.54) is 0 Å². The summed E-state index contributed by atoms with van der Waals surface area (Å²) in [6, 6.07) is 7.96. The highest BCUT2D eigenvalue weighted by atomic mass is 16.4. The molecule has 3 N–H and O–H groups in total. The van der Waals surface area contributed by atoms with E-state index in [0.717, 1.165) is 11.3 Å². The lowest BCUT2D eigenvalue weighted by Gasteiger charge is -2.29. The fraction of sp³-hybridized carbons (Fsp3) is 0.400. The molecule has 116 valence electrons. The summed E-state index contributed by atoms with van der Waals surface area (Å²) in [7, 11) is 3.93. The molecule has 22 heavy (non-hydrogen) atoms. The number of carboxylic acid groups (broad SMARTS) is 1. The Hall–Kier alpha value is -2.57. The molecule has 2 aromatic rings. The molecule has 0 aliphatic carbocycles. The van der Waals surface area contributed by atoms with E-state index in [9.17, 15) is 9.90 Å². The summed E-state index contributed by atoms with van der Waals surface area (Å²) in [5.74, 6) is -0.640. The van der Waals surface area contributed by atoms with Crippen LogP contribution in [0.3, 0.4) is 0 Å². The first kappa shape index (κ1) is 14.4. The van der Waals surface area contributed by atoms with Gasteiger partial charge in [0.25, 0.3) is 0 Å². The number of benzene rings is 1. The summed E-state index contributed by atoms with van der Waals surface area (Å²) in [6.07, 6.45) is 0.344. The molecule has 0 fully saturated rings. The maximum Gasteiger partial charge on any atom is 0.307 e. The van der Waals surface area contributed by atoms with Gasteiger partial charge in [0.05, 0.1) is 12.5 Å². The number of hydrogen-bond acceptors (Lipinski definition) is 5. The van der Waals surface area contributed by atoms with Crippen molar-refractivity contribution in [3.63, 3.8) is 0 Å². The second kappa shape index (κ2) is 5.32. The molecule has 7 nitrogen and oxygen atoms in total. The predicted octanol–water partition coefficient (Wildman–Crippen LogP) is 0.967. The molecule has 7 heteroatoms. The summed E-state index contributed by atoms with van der Waals surface area (Å²) in [6.45, 7) is 0.480. The van der Waals surface area contributed by atoms with Crippen molar-refractivity contribution < 1.29 is 9.90 Å². The monoisotopic (exact) mass is 301 g/mol. The van der Waals surface area contributed by atoms with Crippen LogP contribution in [-0.2, 0) is 17.8 Å². The van der Waals surface area contributed by atoms with Crippen LogP contribution < -0.4 is 10.6 Å². The van der Waals surface area contributed by atoms with Gasteiger partial charge in [-0.05, 0) is 17.7 Å². The Morgan fingerprint density at radius 2 is 2.23 bits per heavy atom. The Morgan fingerprint density at radius 3 is 2.91 bits per heavy atom. The van der Waals surface area contributed by atoms with Crippen molar-refractivity contribution in [3.8, 4) is 0 Å². The molecule has 2 heterocycles. The molecule has 1 aromatic heterocycles. The molecule has 0 bridgehead atoms. The second-order valence-electron chi connectivity index (χ2n) is 5.81. The van der Waals surface area contributed by atoms with Gasteiger partial charge < -0.3 is 15.7 Å². The molecule has 2 unspecified atom stereocenters. The summed E-state index contributed by atoms with van der Waals surface area (Å²) < 4.78 is 1.72. The predicted molar refractivity (Wildman–Crippen MR) is 82.8 cm³/mol. The van der Waals surface area contributed by atoms with Crippen molar-refractivity contribution in [2.75, 3.05) is 24.7 Å². The zero-order chi connectivity index (χ0) is 15.9. The van der Waals surface area contributed by atoms with Crippen LogP contribution >= 0.6 is 0 Å². The molecule has 2 atom stereocenters. The highest BCUT2D eigenvalue weighted by Gasteiger charge is 2.36. The number of carbonyl (C=O) groups is 1. The maximum atomic E-state index is 11.7. The van der Waals surface area contributed by atoms with Crippen molar-refractivity contribution in [2.45, 2.75) is 18.9 Å². The molecular weight excluding hydrogens is 282 g/mol. The number of carboxylic acids is 1. The maximum absolute atomic E-state index is 11.7. The van der Waals surface area contributed by atoms with Crippen LogP contribution in [0.1, 0.15) is 17.3 Å².